The third kappa shape index (κ3) is 2.82. The summed E-state index contributed by atoms with van der Waals surface area (Å²) in [4.78, 5) is 12.2. The van der Waals surface area contributed by atoms with E-state index in [4.69, 9.17) is 9.47 Å². The van der Waals surface area contributed by atoms with Gasteiger partial charge in [-0.1, -0.05) is 24.3 Å². The quantitative estimate of drug-likeness (QED) is 0.621. The third-order valence-corrected chi connectivity index (χ3v) is 3.58. The number of ether oxygens (including phenoxy) is 2. The summed E-state index contributed by atoms with van der Waals surface area (Å²) in [5.41, 5.74) is 3.69. The summed E-state index contributed by atoms with van der Waals surface area (Å²) >= 11 is 0. The molecule has 0 atom stereocenters. The first-order valence-corrected chi connectivity index (χ1v) is 6.85. The minimum atomic E-state index is -0.368. The zero-order valence-corrected chi connectivity index (χ0v) is 12.1. The van der Waals surface area contributed by atoms with Crippen molar-refractivity contribution in [3.8, 4) is 11.5 Å². The van der Waals surface area contributed by atoms with E-state index in [2.05, 4.69) is 0 Å². The Balaban J connectivity index is 1.80. The smallest absolute Gasteiger partial charge is 0.342 e. The first-order chi connectivity index (χ1) is 10.1. The molecule has 0 fully saturated rings. The van der Waals surface area contributed by atoms with Crippen LogP contribution in [0, 0.1) is 13.8 Å². The first kappa shape index (κ1) is 13.4. The fourth-order valence-corrected chi connectivity index (χ4v) is 2.18. The number of carbonyl (C=O) groups excluding carboxylic acids is 1. The number of esters is 1. The highest BCUT2D eigenvalue weighted by molar-refractivity contribution is 5.96. The Bertz CT molecular complexity index is 729. The third-order valence-electron chi connectivity index (χ3n) is 3.58. The van der Waals surface area contributed by atoms with Crippen LogP contribution in [0.15, 0.2) is 48.0 Å². The van der Waals surface area contributed by atoms with E-state index >= 15 is 0 Å². The van der Waals surface area contributed by atoms with Crippen molar-refractivity contribution in [2.45, 2.75) is 13.8 Å². The van der Waals surface area contributed by atoms with Gasteiger partial charge in [0.1, 0.15) is 18.1 Å². The van der Waals surface area contributed by atoms with Gasteiger partial charge in [0, 0.05) is 5.56 Å². The van der Waals surface area contributed by atoms with Gasteiger partial charge >= 0.3 is 5.97 Å². The summed E-state index contributed by atoms with van der Waals surface area (Å²) in [6, 6.07) is 13.2. The molecule has 3 heteroatoms. The molecular formula is C18H16O3. The summed E-state index contributed by atoms with van der Waals surface area (Å²) in [6.07, 6.45) is 1.82. The number of benzene rings is 2. The van der Waals surface area contributed by atoms with Crippen LogP contribution in [-0.4, -0.2) is 12.6 Å². The van der Waals surface area contributed by atoms with Gasteiger partial charge in [0.2, 0.25) is 0 Å². The van der Waals surface area contributed by atoms with Crippen molar-refractivity contribution >= 4 is 12.0 Å². The van der Waals surface area contributed by atoms with Crippen LogP contribution in [0.25, 0.3) is 6.08 Å². The number of aryl methyl sites for hydroxylation is 2. The normalized spacial score (nSPS) is 13.0. The Kier molecular flexibility index (Phi) is 3.48. The Morgan fingerprint density at radius 1 is 1.10 bits per heavy atom. The number of carbonyl (C=O) groups is 1. The average Bonchev–Trinajstić information content (AvgIpc) is 2.50. The lowest BCUT2D eigenvalue weighted by Crippen LogP contribution is -2.19. The molecule has 2 aromatic rings. The van der Waals surface area contributed by atoms with E-state index in [1.807, 2.05) is 56.3 Å². The van der Waals surface area contributed by atoms with Crippen molar-refractivity contribution in [1.29, 1.82) is 0 Å². The van der Waals surface area contributed by atoms with Gasteiger partial charge < -0.3 is 9.47 Å². The molecule has 3 rings (SSSR count). The largest absolute Gasteiger partial charge is 0.488 e. The monoisotopic (exact) mass is 280 g/mol. The summed E-state index contributed by atoms with van der Waals surface area (Å²) in [7, 11) is 0. The van der Waals surface area contributed by atoms with Crippen LogP contribution in [0.4, 0.5) is 0 Å². The van der Waals surface area contributed by atoms with E-state index < -0.39 is 0 Å². The molecule has 0 aromatic heterocycles. The van der Waals surface area contributed by atoms with Gasteiger partial charge in [-0.3, -0.25) is 0 Å². The number of hydrogen-bond acceptors (Lipinski definition) is 3. The lowest BCUT2D eigenvalue weighted by molar-refractivity contribution is -0.130. The van der Waals surface area contributed by atoms with Crippen molar-refractivity contribution < 1.29 is 14.3 Å². The van der Waals surface area contributed by atoms with Gasteiger partial charge in [-0.15, -0.1) is 0 Å². The van der Waals surface area contributed by atoms with E-state index in [1.54, 1.807) is 6.07 Å². The number of rotatable bonds is 2. The van der Waals surface area contributed by atoms with Crippen LogP contribution in [-0.2, 0) is 4.79 Å². The van der Waals surface area contributed by atoms with Crippen LogP contribution >= 0.6 is 0 Å². The second kappa shape index (κ2) is 5.44. The van der Waals surface area contributed by atoms with Crippen molar-refractivity contribution in [1.82, 2.24) is 0 Å². The highest BCUT2D eigenvalue weighted by atomic mass is 16.5. The Labute approximate surface area is 123 Å². The van der Waals surface area contributed by atoms with Gasteiger partial charge in [0.15, 0.2) is 0 Å². The minimum Gasteiger partial charge on any atom is -0.488 e. The molecule has 1 aliphatic heterocycles. The maximum Gasteiger partial charge on any atom is 0.342 e. The molecule has 106 valence electrons. The van der Waals surface area contributed by atoms with Gasteiger partial charge in [-0.25, -0.2) is 4.79 Å². The second-order valence-electron chi connectivity index (χ2n) is 5.13. The van der Waals surface area contributed by atoms with Gasteiger partial charge in [-0.05, 0) is 49.2 Å². The maximum absolute atomic E-state index is 12.2. The van der Waals surface area contributed by atoms with E-state index in [0.717, 1.165) is 16.9 Å². The molecule has 21 heavy (non-hydrogen) atoms. The zero-order valence-electron chi connectivity index (χ0n) is 12.1. The fraction of sp³-hybridized carbons (Fsp3) is 0.167. The number of para-hydroxylation sites is 1. The standard InChI is InChI=1S/C18H16O3/c1-12-7-8-16(9-13(12)2)21-18(19)15-10-14-5-3-4-6-17(14)20-11-15/h3-10H,11H2,1-2H3. The fourth-order valence-electron chi connectivity index (χ4n) is 2.18. The molecule has 0 bridgehead atoms. The molecule has 0 spiro atoms. The summed E-state index contributed by atoms with van der Waals surface area (Å²) < 4.78 is 11.0. The Morgan fingerprint density at radius 3 is 2.71 bits per heavy atom. The SMILES string of the molecule is Cc1ccc(OC(=O)C2=Cc3ccccc3OC2)cc1C. The molecule has 0 N–H and O–H groups in total. The van der Waals surface area contributed by atoms with E-state index in [0.29, 0.717) is 11.3 Å². The molecule has 1 heterocycles. The predicted molar refractivity (Wildman–Crippen MR) is 81.5 cm³/mol. The highest BCUT2D eigenvalue weighted by Gasteiger charge is 2.18. The molecule has 0 aliphatic carbocycles. The van der Waals surface area contributed by atoms with Crippen molar-refractivity contribution in [2.24, 2.45) is 0 Å². The lowest BCUT2D eigenvalue weighted by atomic mass is 10.1. The minimum absolute atomic E-state index is 0.237. The van der Waals surface area contributed by atoms with Crippen molar-refractivity contribution in [2.75, 3.05) is 6.61 Å². The molecular weight excluding hydrogens is 264 g/mol. The van der Waals surface area contributed by atoms with Gasteiger partial charge in [-0.2, -0.15) is 0 Å². The van der Waals surface area contributed by atoms with Crippen LogP contribution in [0.1, 0.15) is 16.7 Å². The average molecular weight is 280 g/mol. The summed E-state index contributed by atoms with van der Waals surface area (Å²) in [5.74, 6) is 0.982. The molecule has 0 amide bonds. The second-order valence-corrected chi connectivity index (χ2v) is 5.13. The first-order valence-electron chi connectivity index (χ1n) is 6.85. The van der Waals surface area contributed by atoms with Crippen LogP contribution in [0.3, 0.4) is 0 Å². The molecule has 0 saturated carbocycles. The van der Waals surface area contributed by atoms with Crippen molar-refractivity contribution in [3.63, 3.8) is 0 Å². The molecule has 2 aromatic carbocycles. The molecule has 1 aliphatic rings. The zero-order chi connectivity index (χ0) is 14.8. The Morgan fingerprint density at radius 2 is 1.90 bits per heavy atom. The molecule has 0 radical (unpaired) electrons. The van der Waals surface area contributed by atoms with Crippen LogP contribution in [0.2, 0.25) is 0 Å². The Hall–Kier alpha value is -2.55. The van der Waals surface area contributed by atoms with Crippen LogP contribution < -0.4 is 9.47 Å². The lowest BCUT2D eigenvalue weighted by Gasteiger charge is -2.17. The number of fused-ring (bicyclic) bond motifs is 1. The number of hydrogen-bond donors (Lipinski definition) is 0. The van der Waals surface area contributed by atoms with Crippen LogP contribution in [0.5, 0.6) is 11.5 Å². The molecule has 0 unspecified atom stereocenters. The predicted octanol–water partition coefficient (Wildman–Crippen LogP) is 3.68. The van der Waals surface area contributed by atoms with Gasteiger partial charge in [0.05, 0.1) is 5.57 Å². The molecule has 3 nitrogen and oxygen atoms in total. The van der Waals surface area contributed by atoms with E-state index in [1.165, 1.54) is 5.56 Å². The molecule has 0 saturated heterocycles. The van der Waals surface area contributed by atoms with E-state index in [9.17, 15) is 4.79 Å². The maximum atomic E-state index is 12.2. The topological polar surface area (TPSA) is 35.5 Å². The van der Waals surface area contributed by atoms with E-state index in [-0.39, 0.29) is 12.6 Å². The summed E-state index contributed by atoms with van der Waals surface area (Å²) in [6.45, 7) is 4.25. The summed E-state index contributed by atoms with van der Waals surface area (Å²) in [5, 5.41) is 0. The van der Waals surface area contributed by atoms with Crippen molar-refractivity contribution in [3.05, 3.63) is 64.7 Å². The highest BCUT2D eigenvalue weighted by Crippen LogP contribution is 2.26. The van der Waals surface area contributed by atoms with Gasteiger partial charge in [0.25, 0.3) is 0 Å².